The predicted molar refractivity (Wildman–Crippen MR) is 72.7 cm³/mol. The third-order valence-electron chi connectivity index (χ3n) is 2.47. The molecular formula is C13H13FN2O2S. The number of carbonyl (C=O) groups is 1. The van der Waals surface area contributed by atoms with Crippen LogP contribution >= 0.6 is 11.3 Å². The lowest BCUT2D eigenvalue weighted by molar-refractivity contribution is 0.175. The van der Waals surface area contributed by atoms with E-state index in [4.69, 9.17) is 0 Å². The van der Waals surface area contributed by atoms with Crippen molar-refractivity contribution in [2.75, 3.05) is 11.9 Å². The molecule has 0 aliphatic rings. The van der Waals surface area contributed by atoms with E-state index in [0.717, 1.165) is 5.56 Å². The molecule has 1 aromatic heterocycles. The van der Waals surface area contributed by atoms with E-state index in [9.17, 15) is 14.3 Å². The molecule has 1 atom stereocenters. The van der Waals surface area contributed by atoms with Crippen LogP contribution < -0.4 is 10.6 Å². The second kappa shape index (κ2) is 6.31. The maximum absolute atomic E-state index is 12.9. The summed E-state index contributed by atoms with van der Waals surface area (Å²) in [6, 6.07) is 6.91. The van der Waals surface area contributed by atoms with Crippen molar-refractivity contribution in [3.8, 4) is 0 Å². The smallest absolute Gasteiger partial charge is 0.319 e. The van der Waals surface area contributed by atoms with Crippen LogP contribution in [0.1, 0.15) is 11.7 Å². The van der Waals surface area contributed by atoms with Gasteiger partial charge in [0.2, 0.25) is 0 Å². The molecule has 0 aliphatic carbocycles. The van der Waals surface area contributed by atoms with Gasteiger partial charge in [0.1, 0.15) is 5.82 Å². The van der Waals surface area contributed by atoms with E-state index < -0.39 is 18.0 Å². The lowest BCUT2D eigenvalue weighted by atomic mass is 10.2. The van der Waals surface area contributed by atoms with Crippen molar-refractivity contribution in [2.24, 2.45) is 0 Å². The number of urea groups is 1. The van der Waals surface area contributed by atoms with Crippen LogP contribution in [0.5, 0.6) is 0 Å². The lowest BCUT2D eigenvalue weighted by Gasteiger charge is -2.11. The van der Waals surface area contributed by atoms with Gasteiger partial charge in [-0.25, -0.2) is 9.18 Å². The number of halogens is 1. The maximum atomic E-state index is 12.9. The first kappa shape index (κ1) is 13.5. The van der Waals surface area contributed by atoms with E-state index >= 15 is 0 Å². The minimum Gasteiger partial charge on any atom is -0.387 e. The topological polar surface area (TPSA) is 61.4 Å². The molecule has 0 saturated carbocycles. The Morgan fingerprint density at radius 2 is 2.26 bits per heavy atom. The number of amides is 2. The zero-order valence-electron chi connectivity index (χ0n) is 9.97. The number of anilines is 1. The Bertz CT molecular complexity index is 545. The fraction of sp³-hybridized carbons (Fsp3) is 0.154. The molecule has 1 unspecified atom stereocenters. The largest absolute Gasteiger partial charge is 0.387 e. The molecule has 2 amide bonds. The third-order valence-corrected chi connectivity index (χ3v) is 3.17. The number of hydrogen-bond acceptors (Lipinski definition) is 3. The molecule has 1 heterocycles. The summed E-state index contributed by atoms with van der Waals surface area (Å²) in [4.78, 5) is 11.5. The highest BCUT2D eigenvalue weighted by Gasteiger charge is 2.09. The zero-order chi connectivity index (χ0) is 13.7. The van der Waals surface area contributed by atoms with Crippen molar-refractivity contribution >= 4 is 23.1 Å². The summed E-state index contributed by atoms with van der Waals surface area (Å²) in [5.74, 6) is -0.420. The van der Waals surface area contributed by atoms with Crippen LogP contribution in [0.3, 0.4) is 0 Å². The van der Waals surface area contributed by atoms with Gasteiger partial charge in [-0.1, -0.05) is 6.07 Å². The molecule has 0 radical (unpaired) electrons. The molecule has 100 valence electrons. The summed E-state index contributed by atoms with van der Waals surface area (Å²) in [5.41, 5.74) is 1.12. The molecule has 3 N–H and O–H groups in total. The highest BCUT2D eigenvalue weighted by molar-refractivity contribution is 7.07. The van der Waals surface area contributed by atoms with E-state index in [2.05, 4.69) is 10.6 Å². The quantitative estimate of drug-likeness (QED) is 0.806. The van der Waals surface area contributed by atoms with Gasteiger partial charge in [-0.05, 0) is 40.6 Å². The van der Waals surface area contributed by atoms with Crippen LogP contribution in [-0.2, 0) is 0 Å². The van der Waals surface area contributed by atoms with Crippen LogP contribution in [0.25, 0.3) is 0 Å². The second-order valence-corrected chi connectivity index (χ2v) is 4.70. The third kappa shape index (κ3) is 4.04. The minimum atomic E-state index is -0.746. The van der Waals surface area contributed by atoms with Crippen LogP contribution in [0.2, 0.25) is 0 Å². The average molecular weight is 280 g/mol. The first-order valence-electron chi connectivity index (χ1n) is 5.66. The number of nitrogens with one attached hydrogen (secondary N) is 2. The number of thiophene rings is 1. The van der Waals surface area contributed by atoms with E-state index in [1.807, 2.05) is 10.8 Å². The summed E-state index contributed by atoms with van der Waals surface area (Å²) in [7, 11) is 0. The Labute approximate surface area is 113 Å². The highest BCUT2D eigenvalue weighted by Crippen LogP contribution is 2.15. The van der Waals surface area contributed by atoms with E-state index in [1.165, 1.54) is 29.5 Å². The molecular weight excluding hydrogens is 267 g/mol. The average Bonchev–Trinajstić information content (AvgIpc) is 2.90. The number of carbonyl (C=O) groups excluding carboxylic acids is 1. The van der Waals surface area contributed by atoms with Crippen molar-refractivity contribution < 1.29 is 14.3 Å². The van der Waals surface area contributed by atoms with Gasteiger partial charge in [-0.15, -0.1) is 0 Å². The summed E-state index contributed by atoms with van der Waals surface area (Å²) in [6.45, 7) is 0.0951. The van der Waals surface area contributed by atoms with Crippen molar-refractivity contribution in [3.63, 3.8) is 0 Å². The monoisotopic (exact) mass is 280 g/mol. The van der Waals surface area contributed by atoms with Crippen molar-refractivity contribution in [1.82, 2.24) is 5.32 Å². The summed E-state index contributed by atoms with van der Waals surface area (Å²) >= 11 is 1.48. The van der Waals surface area contributed by atoms with Gasteiger partial charge < -0.3 is 15.7 Å². The van der Waals surface area contributed by atoms with E-state index in [1.54, 1.807) is 12.1 Å². The molecule has 2 aromatic rings. The number of aliphatic hydroxyl groups excluding tert-OH is 1. The van der Waals surface area contributed by atoms with Gasteiger partial charge in [0.15, 0.2) is 0 Å². The zero-order valence-corrected chi connectivity index (χ0v) is 10.8. The maximum Gasteiger partial charge on any atom is 0.319 e. The number of benzene rings is 1. The molecule has 2 rings (SSSR count). The number of rotatable bonds is 4. The fourth-order valence-electron chi connectivity index (χ4n) is 1.51. The van der Waals surface area contributed by atoms with Crippen molar-refractivity contribution in [2.45, 2.75) is 6.10 Å². The number of aliphatic hydroxyl groups is 1. The second-order valence-electron chi connectivity index (χ2n) is 3.92. The Hall–Kier alpha value is -1.92. The van der Waals surface area contributed by atoms with E-state index in [-0.39, 0.29) is 6.54 Å². The standard InChI is InChI=1S/C13H13FN2O2S/c14-10-2-1-3-11(6-10)16-13(18)15-7-12(17)9-4-5-19-8-9/h1-6,8,12,17H,7H2,(H2,15,16,18). The van der Waals surface area contributed by atoms with Crippen LogP contribution in [-0.4, -0.2) is 17.7 Å². The molecule has 19 heavy (non-hydrogen) atoms. The highest BCUT2D eigenvalue weighted by atomic mass is 32.1. The first-order chi connectivity index (χ1) is 9.15. The summed E-state index contributed by atoms with van der Waals surface area (Å²) < 4.78 is 12.9. The molecule has 0 fully saturated rings. The minimum absolute atomic E-state index is 0.0951. The SMILES string of the molecule is O=C(NCC(O)c1ccsc1)Nc1cccc(F)c1. The summed E-state index contributed by atoms with van der Waals surface area (Å²) in [6.07, 6.45) is -0.746. The van der Waals surface area contributed by atoms with Gasteiger partial charge in [-0.3, -0.25) is 0 Å². The van der Waals surface area contributed by atoms with Gasteiger partial charge >= 0.3 is 6.03 Å². The Kier molecular flexibility index (Phi) is 4.48. The summed E-state index contributed by atoms with van der Waals surface area (Å²) in [5, 5.41) is 18.4. The number of hydrogen-bond donors (Lipinski definition) is 3. The molecule has 0 bridgehead atoms. The van der Waals surface area contributed by atoms with Gasteiger partial charge in [0, 0.05) is 12.2 Å². The predicted octanol–water partition coefficient (Wildman–Crippen LogP) is 2.74. The van der Waals surface area contributed by atoms with Crippen molar-refractivity contribution in [1.29, 1.82) is 0 Å². The molecule has 6 heteroatoms. The van der Waals surface area contributed by atoms with Gasteiger partial charge in [0.25, 0.3) is 0 Å². The lowest BCUT2D eigenvalue weighted by Crippen LogP contribution is -2.32. The van der Waals surface area contributed by atoms with Crippen LogP contribution in [0.15, 0.2) is 41.1 Å². The Morgan fingerprint density at radius 1 is 1.42 bits per heavy atom. The first-order valence-corrected chi connectivity index (χ1v) is 6.60. The van der Waals surface area contributed by atoms with Crippen molar-refractivity contribution in [3.05, 3.63) is 52.5 Å². The fourth-order valence-corrected chi connectivity index (χ4v) is 2.22. The molecule has 0 aliphatic heterocycles. The Balaban J connectivity index is 1.82. The van der Waals surface area contributed by atoms with Crippen LogP contribution in [0.4, 0.5) is 14.9 Å². The van der Waals surface area contributed by atoms with Gasteiger partial charge in [-0.2, -0.15) is 11.3 Å². The normalized spacial score (nSPS) is 11.9. The van der Waals surface area contributed by atoms with E-state index in [0.29, 0.717) is 5.69 Å². The molecule has 0 spiro atoms. The van der Waals surface area contributed by atoms with Gasteiger partial charge in [0.05, 0.1) is 6.10 Å². The molecule has 4 nitrogen and oxygen atoms in total. The molecule has 1 aromatic carbocycles. The van der Waals surface area contributed by atoms with Crippen LogP contribution in [0, 0.1) is 5.82 Å². The molecule has 0 saturated heterocycles. The Morgan fingerprint density at radius 3 is 2.95 bits per heavy atom.